The number of nitrogens with zero attached hydrogens (tertiary/aromatic N) is 3. The summed E-state index contributed by atoms with van der Waals surface area (Å²) >= 11 is 0. The normalized spacial score (nSPS) is 16.7. The number of amides is 1. The number of carboxylic acid groups (broad SMARTS) is 1. The lowest BCUT2D eigenvalue weighted by Gasteiger charge is -2.33. The minimum Gasteiger partial charge on any atom is -0.478 e. The smallest absolute Gasteiger partial charge is 0.335 e. The zero-order valence-electron chi connectivity index (χ0n) is 15.1. The summed E-state index contributed by atoms with van der Waals surface area (Å²) in [6.07, 6.45) is 2.61. The van der Waals surface area contributed by atoms with Crippen LogP contribution >= 0.6 is 0 Å². The van der Waals surface area contributed by atoms with E-state index in [1.165, 1.54) is 12.1 Å². The fourth-order valence-electron chi connectivity index (χ4n) is 3.43. The zero-order valence-corrected chi connectivity index (χ0v) is 15.1. The molecular formula is C21H19N3O4. The third kappa shape index (κ3) is 3.51. The van der Waals surface area contributed by atoms with Crippen LogP contribution in [0.25, 0.3) is 11.4 Å². The fourth-order valence-corrected chi connectivity index (χ4v) is 3.43. The van der Waals surface area contributed by atoms with Gasteiger partial charge in [0.1, 0.15) is 6.04 Å². The maximum Gasteiger partial charge on any atom is 0.335 e. The second-order valence-electron chi connectivity index (χ2n) is 6.71. The van der Waals surface area contributed by atoms with Gasteiger partial charge in [-0.3, -0.25) is 4.79 Å². The monoisotopic (exact) mass is 377 g/mol. The molecule has 4 rings (SSSR count). The molecule has 0 unspecified atom stereocenters. The Labute approximate surface area is 161 Å². The topological polar surface area (TPSA) is 96.5 Å². The second-order valence-corrected chi connectivity index (χ2v) is 6.71. The van der Waals surface area contributed by atoms with Gasteiger partial charge in [-0.15, -0.1) is 0 Å². The summed E-state index contributed by atoms with van der Waals surface area (Å²) < 4.78 is 5.49. The number of piperidine rings is 1. The van der Waals surface area contributed by atoms with Gasteiger partial charge in [-0.1, -0.05) is 35.5 Å². The van der Waals surface area contributed by atoms with Crippen LogP contribution in [-0.4, -0.2) is 38.6 Å². The molecule has 3 aromatic rings. The highest BCUT2D eigenvalue weighted by Gasteiger charge is 2.32. The molecule has 0 bridgehead atoms. The summed E-state index contributed by atoms with van der Waals surface area (Å²) in [5.41, 5.74) is 1.45. The second kappa shape index (κ2) is 7.64. The van der Waals surface area contributed by atoms with Crippen LogP contribution in [0.5, 0.6) is 0 Å². The van der Waals surface area contributed by atoms with Gasteiger partial charge < -0.3 is 14.5 Å². The number of rotatable bonds is 4. The number of aromatic carboxylic acids is 1. The molecule has 1 aliphatic rings. The van der Waals surface area contributed by atoms with Crippen molar-refractivity contribution in [2.45, 2.75) is 25.3 Å². The molecule has 7 nitrogen and oxygen atoms in total. The Morgan fingerprint density at radius 1 is 1.00 bits per heavy atom. The van der Waals surface area contributed by atoms with Crippen molar-refractivity contribution in [1.29, 1.82) is 0 Å². The van der Waals surface area contributed by atoms with E-state index < -0.39 is 5.97 Å². The Kier molecular flexibility index (Phi) is 4.89. The van der Waals surface area contributed by atoms with E-state index in [-0.39, 0.29) is 17.5 Å². The highest BCUT2D eigenvalue weighted by atomic mass is 16.5. The van der Waals surface area contributed by atoms with Gasteiger partial charge in [0.2, 0.25) is 11.7 Å². The van der Waals surface area contributed by atoms with Crippen molar-refractivity contribution in [3.8, 4) is 11.4 Å². The van der Waals surface area contributed by atoms with Gasteiger partial charge in [0.05, 0.1) is 5.56 Å². The minimum absolute atomic E-state index is 0.149. The van der Waals surface area contributed by atoms with Crippen molar-refractivity contribution in [1.82, 2.24) is 15.0 Å². The summed E-state index contributed by atoms with van der Waals surface area (Å²) in [4.78, 5) is 30.3. The average Bonchev–Trinajstić information content (AvgIpc) is 3.24. The van der Waals surface area contributed by atoms with E-state index in [9.17, 15) is 9.59 Å². The quantitative estimate of drug-likeness (QED) is 0.743. The molecule has 7 heteroatoms. The molecule has 0 saturated carbocycles. The van der Waals surface area contributed by atoms with E-state index in [0.717, 1.165) is 24.8 Å². The number of carboxylic acids is 1. The van der Waals surface area contributed by atoms with Gasteiger partial charge in [0.25, 0.3) is 5.91 Å². The Bertz CT molecular complexity index is 982. The molecular weight excluding hydrogens is 358 g/mol. The lowest BCUT2D eigenvalue weighted by Crippen LogP contribution is -2.38. The van der Waals surface area contributed by atoms with Gasteiger partial charge in [-0.05, 0) is 43.5 Å². The fraction of sp³-hybridized carbons (Fsp3) is 0.238. The van der Waals surface area contributed by atoms with Crippen LogP contribution in [0.2, 0.25) is 0 Å². The maximum atomic E-state index is 13.0. The van der Waals surface area contributed by atoms with Crippen LogP contribution in [0.1, 0.15) is 51.9 Å². The molecule has 1 amide bonds. The molecule has 1 aromatic heterocycles. The molecule has 1 saturated heterocycles. The average molecular weight is 377 g/mol. The molecule has 28 heavy (non-hydrogen) atoms. The van der Waals surface area contributed by atoms with Gasteiger partial charge in [-0.25, -0.2) is 4.79 Å². The molecule has 2 aromatic carbocycles. The highest BCUT2D eigenvalue weighted by Crippen LogP contribution is 2.32. The van der Waals surface area contributed by atoms with E-state index in [0.29, 0.717) is 23.8 Å². The van der Waals surface area contributed by atoms with Gasteiger partial charge in [0.15, 0.2) is 0 Å². The number of hydrogen-bond donors (Lipinski definition) is 1. The molecule has 1 N–H and O–H groups in total. The van der Waals surface area contributed by atoms with Gasteiger partial charge >= 0.3 is 5.97 Å². The van der Waals surface area contributed by atoms with Crippen LogP contribution in [0, 0.1) is 0 Å². The lowest BCUT2D eigenvalue weighted by molar-refractivity contribution is 0.0560. The number of carbonyl (C=O) groups is 2. The molecule has 1 aliphatic heterocycles. The Hall–Kier alpha value is -3.48. The van der Waals surface area contributed by atoms with Crippen LogP contribution in [0.15, 0.2) is 59.1 Å². The predicted molar refractivity (Wildman–Crippen MR) is 101 cm³/mol. The molecule has 0 spiro atoms. The summed E-state index contributed by atoms with van der Waals surface area (Å²) in [6, 6.07) is 15.2. The SMILES string of the molecule is O=C(O)c1ccc(C(=O)N2CCCC[C@@H]2c2nc(-c3ccccc3)no2)cc1. The van der Waals surface area contributed by atoms with Crippen molar-refractivity contribution in [3.63, 3.8) is 0 Å². The number of benzene rings is 2. The van der Waals surface area contributed by atoms with Gasteiger partial charge in [-0.2, -0.15) is 4.98 Å². The molecule has 142 valence electrons. The largest absolute Gasteiger partial charge is 0.478 e. The molecule has 2 heterocycles. The lowest BCUT2D eigenvalue weighted by atomic mass is 10.00. The number of carbonyl (C=O) groups excluding carboxylic acids is 1. The number of likely N-dealkylation sites (tertiary alicyclic amines) is 1. The van der Waals surface area contributed by atoms with Crippen molar-refractivity contribution >= 4 is 11.9 Å². The van der Waals surface area contributed by atoms with Crippen molar-refractivity contribution in [2.75, 3.05) is 6.54 Å². The third-order valence-electron chi connectivity index (χ3n) is 4.90. The number of hydrogen-bond acceptors (Lipinski definition) is 5. The Morgan fingerprint density at radius 3 is 2.43 bits per heavy atom. The Balaban J connectivity index is 1.59. The molecule has 1 atom stereocenters. The van der Waals surface area contributed by atoms with E-state index in [2.05, 4.69) is 10.1 Å². The first kappa shape index (κ1) is 17.9. The predicted octanol–water partition coefficient (Wildman–Crippen LogP) is 3.80. The number of aromatic nitrogens is 2. The standard InChI is InChI=1S/C21H19N3O4/c25-20(15-9-11-16(12-10-15)21(26)27)24-13-5-4-8-17(24)19-22-18(23-28-19)14-6-2-1-3-7-14/h1-3,6-7,9-12,17H,4-5,8,13H2,(H,26,27)/t17-/m1/s1. The summed E-state index contributed by atoms with van der Waals surface area (Å²) in [6.45, 7) is 0.591. The maximum absolute atomic E-state index is 13.0. The van der Waals surface area contributed by atoms with E-state index in [1.54, 1.807) is 17.0 Å². The van der Waals surface area contributed by atoms with E-state index in [1.807, 2.05) is 30.3 Å². The first-order valence-corrected chi connectivity index (χ1v) is 9.17. The molecule has 1 fully saturated rings. The van der Waals surface area contributed by atoms with Crippen LogP contribution in [0.4, 0.5) is 0 Å². The third-order valence-corrected chi connectivity index (χ3v) is 4.90. The Morgan fingerprint density at radius 2 is 1.71 bits per heavy atom. The summed E-state index contributed by atoms with van der Waals surface area (Å²) in [7, 11) is 0. The van der Waals surface area contributed by atoms with Crippen LogP contribution < -0.4 is 0 Å². The highest BCUT2D eigenvalue weighted by molar-refractivity contribution is 5.96. The summed E-state index contributed by atoms with van der Waals surface area (Å²) in [5.74, 6) is -0.260. The zero-order chi connectivity index (χ0) is 19.5. The minimum atomic E-state index is -1.02. The van der Waals surface area contributed by atoms with E-state index in [4.69, 9.17) is 9.63 Å². The van der Waals surface area contributed by atoms with Crippen LogP contribution in [0.3, 0.4) is 0 Å². The van der Waals surface area contributed by atoms with Crippen LogP contribution in [-0.2, 0) is 0 Å². The summed E-state index contributed by atoms with van der Waals surface area (Å²) in [5, 5.41) is 13.1. The first-order chi connectivity index (χ1) is 13.6. The first-order valence-electron chi connectivity index (χ1n) is 9.17. The molecule has 0 aliphatic carbocycles. The van der Waals surface area contributed by atoms with Gasteiger partial charge in [0, 0.05) is 17.7 Å². The van der Waals surface area contributed by atoms with Crippen molar-refractivity contribution < 1.29 is 19.2 Å². The van der Waals surface area contributed by atoms with Crippen molar-refractivity contribution in [2.24, 2.45) is 0 Å². The van der Waals surface area contributed by atoms with E-state index >= 15 is 0 Å². The van der Waals surface area contributed by atoms with Crippen molar-refractivity contribution in [3.05, 3.63) is 71.6 Å². The molecule has 0 radical (unpaired) electrons.